The summed E-state index contributed by atoms with van der Waals surface area (Å²) in [5.41, 5.74) is 4.51. The van der Waals surface area contributed by atoms with E-state index in [1.807, 2.05) is 34.7 Å². The summed E-state index contributed by atoms with van der Waals surface area (Å²) in [4.78, 5) is 25.6. The molecule has 42 heavy (non-hydrogen) atoms. The van der Waals surface area contributed by atoms with Crippen molar-refractivity contribution in [1.82, 2.24) is 24.0 Å². The number of carbonyl (C=O) groups is 1. The highest BCUT2D eigenvalue weighted by Crippen LogP contribution is 2.41. The van der Waals surface area contributed by atoms with E-state index in [-0.39, 0.29) is 11.5 Å². The van der Waals surface area contributed by atoms with Gasteiger partial charge in [-0.2, -0.15) is 0 Å². The fourth-order valence-corrected chi connectivity index (χ4v) is 7.08. The molecule has 0 radical (unpaired) electrons. The highest BCUT2D eigenvalue weighted by atomic mass is 19.1. The molecular formula is C33H32FN5O3. The van der Waals surface area contributed by atoms with Crippen molar-refractivity contribution >= 4 is 28.0 Å². The van der Waals surface area contributed by atoms with Gasteiger partial charge in [-0.05, 0) is 86.4 Å². The summed E-state index contributed by atoms with van der Waals surface area (Å²) in [6.07, 6.45) is 5.72. The summed E-state index contributed by atoms with van der Waals surface area (Å²) in [5, 5.41) is 10.9. The van der Waals surface area contributed by atoms with Crippen LogP contribution in [0.5, 0.6) is 11.5 Å². The number of rotatable bonds is 6. The van der Waals surface area contributed by atoms with Crippen molar-refractivity contribution in [2.45, 2.75) is 44.7 Å². The number of aromatic nitrogens is 4. The number of hydrogen-bond acceptors (Lipinski definition) is 5. The van der Waals surface area contributed by atoms with Gasteiger partial charge in [0.15, 0.2) is 17.4 Å². The Labute approximate surface area is 242 Å². The van der Waals surface area contributed by atoms with E-state index in [0.29, 0.717) is 40.4 Å². The monoisotopic (exact) mass is 565 g/mol. The maximum absolute atomic E-state index is 14.8. The molecule has 3 aromatic heterocycles. The predicted octanol–water partition coefficient (Wildman–Crippen LogP) is 6.14. The van der Waals surface area contributed by atoms with Gasteiger partial charge in [0.05, 0.1) is 24.0 Å². The number of aryl methyl sites for hydroxylation is 1. The minimum absolute atomic E-state index is 0.0494. The topological polar surface area (TPSA) is 85.4 Å². The number of likely N-dealkylation sites (tertiary alicyclic amines) is 1. The van der Waals surface area contributed by atoms with Crippen molar-refractivity contribution in [3.8, 4) is 34.3 Å². The van der Waals surface area contributed by atoms with Gasteiger partial charge in [0.1, 0.15) is 16.9 Å². The average molecular weight is 566 g/mol. The van der Waals surface area contributed by atoms with E-state index < -0.39 is 11.6 Å². The van der Waals surface area contributed by atoms with Crippen molar-refractivity contribution in [3.63, 3.8) is 0 Å². The average Bonchev–Trinajstić information content (AvgIpc) is 3.29. The molecule has 2 aromatic carbocycles. The van der Waals surface area contributed by atoms with Crippen LogP contribution in [0.1, 0.15) is 42.5 Å². The van der Waals surface area contributed by atoms with Crippen molar-refractivity contribution in [1.29, 1.82) is 0 Å². The van der Waals surface area contributed by atoms with Crippen LogP contribution in [0.4, 0.5) is 4.39 Å². The number of benzene rings is 2. The Morgan fingerprint density at radius 3 is 2.69 bits per heavy atom. The van der Waals surface area contributed by atoms with E-state index in [1.54, 1.807) is 25.3 Å². The van der Waals surface area contributed by atoms with Gasteiger partial charge >= 0.3 is 0 Å². The summed E-state index contributed by atoms with van der Waals surface area (Å²) in [6, 6.07) is 14.5. The number of carbonyl (C=O) groups excluding carboxylic acids is 1. The Kier molecular flexibility index (Phi) is 5.61. The van der Waals surface area contributed by atoms with Crippen LogP contribution in [0.15, 0.2) is 48.5 Å². The van der Waals surface area contributed by atoms with Gasteiger partial charge in [-0.15, -0.1) is 0 Å². The first-order valence-electron chi connectivity index (χ1n) is 14.7. The number of ether oxygens (including phenoxy) is 1. The zero-order valence-electron chi connectivity index (χ0n) is 23.7. The summed E-state index contributed by atoms with van der Waals surface area (Å²) < 4.78 is 24.8. The molecule has 8 nitrogen and oxygen atoms in total. The number of methoxy groups -OCH3 is 1. The van der Waals surface area contributed by atoms with E-state index in [2.05, 4.69) is 10.6 Å². The summed E-state index contributed by atoms with van der Waals surface area (Å²) >= 11 is 0. The van der Waals surface area contributed by atoms with Gasteiger partial charge in [-0.1, -0.05) is 6.07 Å². The number of nitrogens with zero attached hydrogens (tertiary/aromatic N) is 5. The molecule has 214 valence electrons. The molecule has 5 aromatic rings. The number of halogens is 1. The highest BCUT2D eigenvalue weighted by molar-refractivity contribution is 6.00. The van der Waals surface area contributed by atoms with E-state index >= 15 is 0 Å². The third kappa shape index (κ3) is 3.90. The summed E-state index contributed by atoms with van der Waals surface area (Å²) in [7, 11) is 3.60. The molecule has 3 fully saturated rings. The third-order valence-electron chi connectivity index (χ3n) is 9.44. The van der Waals surface area contributed by atoms with Crippen molar-refractivity contribution < 1.29 is 19.0 Å². The Morgan fingerprint density at radius 1 is 1.10 bits per heavy atom. The number of amides is 1. The molecule has 9 heteroatoms. The van der Waals surface area contributed by atoms with Crippen LogP contribution in [0.25, 0.3) is 44.8 Å². The SMILES string of the molecule is COc1cc(C(=O)N2CC3CCC2C3)cc2nc(-c3cc4ccc(-c5cccc(O)c5F)nc4n3CC3CC3)n(C)c12. The van der Waals surface area contributed by atoms with E-state index in [9.17, 15) is 14.3 Å². The zero-order valence-corrected chi connectivity index (χ0v) is 23.7. The van der Waals surface area contributed by atoms with Crippen LogP contribution in [-0.4, -0.2) is 54.7 Å². The Balaban J connectivity index is 1.26. The van der Waals surface area contributed by atoms with E-state index in [0.717, 1.165) is 66.8 Å². The molecule has 3 aliphatic rings. The lowest BCUT2D eigenvalue weighted by Crippen LogP contribution is -2.37. The second-order valence-electron chi connectivity index (χ2n) is 12.2. The summed E-state index contributed by atoms with van der Waals surface area (Å²) in [5.74, 6) is 1.51. The first-order chi connectivity index (χ1) is 20.4. The van der Waals surface area contributed by atoms with Gasteiger partial charge in [0.2, 0.25) is 0 Å². The summed E-state index contributed by atoms with van der Waals surface area (Å²) in [6.45, 7) is 1.61. The molecule has 4 heterocycles. The maximum atomic E-state index is 14.8. The largest absolute Gasteiger partial charge is 0.505 e. The molecule has 8 rings (SSSR count). The third-order valence-corrected chi connectivity index (χ3v) is 9.44. The zero-order chi connectivity index (χ0) is 28.7. The molecule has 1 saturated heterocycles. The number of hydrogen-bond donors (Lipinski definition) is 1. The van der Waals surface area contributed by atoms with Crippen LogP contribution in [0.2, 0.25) is 0 Å². The molecule has 2 atom stereocenters. The minimum atomic E-state index is -0.681. The molecule has 1 aliphatic heterocycles. The van der Waals surface area contributed by atoms with Crippen LogP contribution in [-0.2, 0) is 13.6 Å². The van der Waals surface area contributed by atoms with Gasteiger partial charge < -0.3 is 23.9 Å². The molecule has 2 saturated carbocycles. The first kappa shape index (κ1) is 25.3. The highest BCUT2D eigenvalue weighted by Gasteiger charge is 2.40. The number of phenolic OH excluding ortho intramolecular Hbond substituents is 1. The number of phenols is 1. The lowest BCUT2D eigenvalue weighted by Gasteiger charge is -2.27. The second kappa shape index (κ2) is 9.31. The van der Waals surface area contributed by atoms with E-state index in [1.165, 1.54) is 12.5 Å². The predicted molar refractivity (Wildman–Crippen MR) is 158 cm³/mol. The number of piperidine rings is 1. The van der Waals surface area contributed by atoms with Gasteiger partial charge in [0, 0.05) is 42.7 Å². The molecule has 2 bridgehead atoms. The molecular weight excluding hydrogens is 533 g/mol. The Hall–Kier alpha value is -4.40. The van der Waals surface area contributed by atoms with Crippen molar-refractivity contribution in [2.24, 2.45) is 18.9 Å². The fourth-order valence-electron chi connectivity index (χ4n) is 7.08. The van der Waals surface area contributed by atoms with Gasteiger partial charge in [-0.25, -0.2) is 14.4 Å². The second-order valence-corrected chi connectivity index (χ2v) is 12.2. The quantitative estimate of drug-likeness (QED) is 0.267. The lowest BCUT2D eigenvalue weighted by atomic mass is 10.1. The van der Waals surface area contributed by atoms with E-state index in [4.69, 9.17) is 14.7 Å². The normalized spacial score (nSPS) is 19.8. The van der Waals surface area contributed by atoms with Crippen LogP contribution in [0.3, 0.4) is 0 Å². The number of pyridine rings is 1. The standard InChI is InChI=1S/C33H32FN5O3/c1-37-30-25(13-21(15-28(30)42-2)33(41)38-17-19-8-10-22(38)12-19)36-32(37)26-14-20-9-11-24(23-4-3-5-27(40)29(23)34)35-31(20)39(26)16-18-6-7-18/h3-5,9,11,13-15,18-19,22,40H,6-8,10,12,16-17H2,1-2H3. The number of fused-ring (bicyclic) bond motifs is 4. The number of imidazole rings is 1. The smallest absolute Gasteiger partial charge is 0.254 e. The Bertz CT molecular complexity index is 1910. The lowest BCUT2D eigenvalue weighted by molar-refractivity contribution is 0.0703. The first-order valence-corrected chi connectivity index (χ1v) is 14.7. The van der Waals surface area contributed by atoms with Gasteiger partial charge in [0.25, 0.3) is 5.91 Å². The van der Waals surface area contributed by atoms with Crippen molar-refractivity contribution in [2.75, 3.05) is 13.7 Å². The molecule has 2 unspecified atom stereocenters. The molecule has 1 amide bonds. The fraction of sp³-hybridized carbons (Fsp3) is 0.364. The van der Waals surface area contributed by atoms with Crippen LogP contribution in [0, 0.1) is 17.7 Å². The van der Waals surface area contributed by atoms with Crippen molar-refractivity contribution in [3.05, 3.63) is 59.9 Å². The molecule has 1 N–H and O–H groups in total. The van der Waals surface area contributed by atoms with Crippen LogP contribution >= 0.6 is 0 Å². The molecule has 0 spiro atoms. The van der Waals surface area contributed by atoms with Crippen LogP contribution < -0.4 is 4.74 Å². The maximum Gasteiger partial charge on any atom is 0.254 e. The van der Waals surface area contributed by atoms with Gasteiger partial charge in [-0.3, -0.25) is 4.79 Å². The Morgan fingerprint density at radius 2 is 1.95 bits per heavy atom. The molecule has 2 aliphatic carbocycles. The minimum Gasteiger partial charge on any atom is -0.505 e. The number of aromatic hydroxyl groups is 1.